The number of allylic oxidation sites excluding steroid dienone is 1. The summed E-state index contributed by atoms with van der Waals surface area (Å²) in [6.07, 6.45) is 5.61. The fraction of sp³-hybridized carbons (Fsp3) is 0.0588. The lowest BCUT2D eigenvalue weighted by atomic mass is 9.93. The standard InChI is InChI=1S/C17H12/c1-3-8-14-12(6-1)13-7-2-4-9-15(13)17-11-5-10-16(14)17/h1-10H,11H2. The van der Waals surface area contributed by atoms with Crippen LogP contribution >= 0.6 is 0 Å². The molecule has 0 heterocycles. The van der Waals surface area contributed by atoms with Gasteiger partial charge in [-0.15, -0.1) is 0 Å². The third kappa shape index (κ3) is 1.13. The van der Waals surface area contributed by atoms with Crippen molar-refractivity contribution in [1.29, 1.82) is 0 Å². The van der Waals surface area contributed by atoms with E-state index in [4.69, 9.17) is 0 Å². The summed E-state index contributed by atoms with van der Waals surface area (Å²) in [6, 6.07) is 17.5. The predicted molar refractivity (Wildman–Crippen MR) is 74.2 cm³/mol. The number of hydrogen-bond acceptors (Lipinski definition) is 0. The average molecular weight is 216 g/mol. The molecule has 0 saturated heterocycles. The minimum absolute atomic E-state index is 1.07. The fourth-order valence-corrected chi connectivity index (χ4v) is 2.95. The summed E-state index contributed by atoms with van der Waals surface area (Å²) >= 11 is 0. The quantitative estimate of drug-likeness (QED) is 0.483. The van der Waals surface area contributed by atoms with E-state index in [-0.39, 0.29) is 0 Å². The van der Waals surface area contributed by atoms with Gasteiger partial charge in [-0.1, -0.05) is 60.7 Å². The summed E-state index contributed by atoms with van der Waals surface area (Å²) in [5.74, 6) is 0. The van der Waals surface area contributed by atoms with Crippen LogP contribution in [0.1, 0.15) is 11.1 Å². The Morgan fingerprint density at radius 2 is 1.24 bits per heavy atom. The maximum atomic E-state index is 2.27. The van der Waals surface area contributed by atoms with E-state index >= 15 is 0 Å². The van der Waals surface area contributed by atoms with E-state index in [0.717, 1.165) is 6.42 Å². The van der Waals surface area contributed by atoms with E-state index in [1.807, 2.05) is 0 Å². The number of hydrogen-bond donors (Lipinski definition) is 0. The van der Waals surface area contributed by atoms with Gasteiger partial charge in [0, 0.05) is 0 Å². The smallest absolute Gasteiger partial charge is 0.00818 e. The topological polar surface area (TPSA) is 0 Å². The van der Waals surface area contributed by atoms with Crippen LogP contribution in [0.5, 0.6) is 0 Å². The molecule has 0 aromatic heterocycles. The zero-order valence-corrected chi connectivity index (χ0v) is 9.48. The molecule has 80 valence electrons. The zero-order chi connectivity index (χ0) is 11.2. The van der Waals surface area contributed by atoms with Crippen molar-refractivity contribution >= 4 is 27.6 Å². The SMILES string of the molecule is C1=Cc2c(c3ccccc3c3ccccc23)C1. The second-order valence-corrected chi connectivity index (χ2v) is 4.59. The maximum absolute atomic E-state index is 2.27. The highest BCUT2D eigenvalue weighted by atomic mass is 14.2. The van der Waals surface area contributed by atoms with Gasteiger partial charge in [-0.3, -0.25) is 0 Å². The molecule has 0 unspecified atom stereocenters. The third-order valence-corrected chi connectivity index (χ3v) is 3.69. The molecule has 0 radical (unpaired) electrons. The van der Waals surface area contributed by atoms with E-state index in [1.54, 1.807) is 0 Å². The van der Waals surface area contributed by atoms with E-state index in [0.29, 0.717) is 0 Å². The highest BCUT2D eigenvalue weighted by molar-refractivity contribution is 6.13. The van der Waals surface area contributed by atoms with E-state index in [1.165, 1.54) is 32.7 Å². The Balaban J connectivity index is 2.37. The minimum atomic E-state index is 1.07. The Morgan fingerprint density at radius 1 is 0.647 bits per heavy atom. The van der Waals surface area contributed by atoms with Crippen LogP contribution in [0.4, 0.5) is 0 Å². The molecule has 1 aliphatic rings. The van der Waals surface area contributed by atoms with Gasteiger partial charge in [0.25, 0.3) is 0 Å². The van der Waals surface area contributed by atoms with Crippen molar-refractivity contribution in [2.24, 2.45) is 0 Å². The first-order valence-electron chi connectivity index (χ1n) is 6.04. The summed E-state index contributed by atoms with van der Waals surface area (Å²) in [7, 11) is 0. The molecule has 0 nitrogen and oxygen atoms in total. The number of fused-ring (bicyclic) bond motifs is 6. The zero-order valence-electron chi connectivity index (χ0n) is 9.48. The monoisotopic (exact) mass is 216 g/mol. The van der Waals surface area contributed by atoms with Crippen molar-refractivity contribution in [3.63, 3.8) is 0 Å². The summed E-state index contributed by atoms with van der Waals surface area (Å²) in [6.45, 7) is 0. The van der Waals surface area contributed by atoms with Crippen LogP contribution in [0.25, 0.3) is 27.6 Å². The first-order valence-corrected chi connectivity index (χ1v) is 6.04. The molecule has 0 N–H and O–H groups in total. The van der Waals surface area contributed by atoms with Crippen LogP contribution in [-0.4, -0.2) is 0 Å². The molecule has 0 amide bonds. The van der Waals surface area contributed by atoms with Crippen molar-refractivity contribution < 1.29 is 0 Å². The van der Waals surface area contributed by atoms with Gasteiger partial charge in [0.2, 0.25) is 0 Å². The summed E-state index contributed by atoms with van der Waals surface area (Å²) < 4.78 is 0. The third-order valence-electron chi connectivity index (χ3n) is 3.69. The van der Waals surface area contributed by atoms with Gasteiger partial charge in [-0.05, 0) is 39.1 Å². The van der Waals surface area contributed by atoms with Crippen molar-refractivity contribution in [1.82, 2.24) is 0 Å². The fourth-order valence-electron chi connectivity index (χ4n) is 2.95. The molecule has 3 aromatic rings. The first-order chi connectivity index (χ1) is 8.45. The van der Waals surface area contributed by atoms with Crippen molar-refractivity contribution in [3.05, 3.63) is 65.7 Å². The van der Waals surface area contributed by atoms with E-state index < -0.39 is 0 Å². The highest BCUT2D eigenvalue weighted by Crippen LogP contribution is 2.36. The van der Waals surface area contributed by atoms with Crippen LogP contribution < -0.4 is 0 Å². The molecule has 0 atom stereocenters. The van der Waals surface area contributed by atoms with Crippen LogP contribution in [-0.2, 0) is 6.42 Å². The van der Waals surface area contributed by atoms with Gasteiger partial charge >= 0.3 is 0 Å². The molecular weight excluding hydrogens is 204 g/mol. The van der Waals surface area contributed by atoms with Gasteiger partial charge < -0.3 is 0 Å². The molecule has 3 aromatic carbocycles. The molecular formula is C17H12. The molecule has 1 aliphatic carbocycles. The second kappa shape index (κ2) is 3.21. The first kappa shape index (κ1) is 9.00. The Morgan fingerprint density at radius 3 is 2.00 bits per heavy atom. The van der Waals surface area contributed by atoms with Crippen LogP contribution in [0.15, 0.2) is 54.6 Å². The van der Waals surface area contributed by atoms with Gasteiger partial charge in [-0.2, -0.15) is 0 Å². The lowest BCUT2D eigenvalue weighted by molar-refractivity contribution is 1.35. The molecule has 0 spiro atoms. The number of benzene rings is 3. The molecule has 0 heteroatoms. The summed E-state index contributed by atoms with van der Waals surface area (Å²) in [5, 5.41) is 5.54. The molecule has 17 heavy (non-hydrogen) atoms. The molecule has 0 aliphatic heterocycles. The summed E-state index contributed by atoms with van der Waals surface area (Å²) in [5.41, 5.74) is 2.90. The summed E-state index contributed by atoms with van der Waals surface area (Å²) in [4.78, 5) is 0. The van der Waals surface area contributed by atoms with Gasteiger partial charge in [0.05, 0.1) is 0 Å². The van der Waals surface area contributed by atoms with Gasteiger partial charge in [-0.25, -0.2) is 0 Å². The Hall–Kier alpha value is -2.08. The largest absolute Gasteiger partial charge is 0.0795 e. The number of rotatable bonds is 0. The van der Waals surface area contributed by atoms with Crippen molar-refractivity contribution in [2.75, 3.05) is 0 Å². The lowest BCUT2D eigenvalue weighted by Gasteiger charge is -2.10. The van der Waals surface area contributed by atoms with Gasteiger partial charge in [0.1, 0.15) is 0 Å². The Kier molecular flexibility index (Phi) is 1.70. The second-order valence-electron chi connectivity index (χ2n) is 4.59. The van der Waals surface area contributed by atoms with Crippen LogP contribution in [0.3, 0.4) is 0 Å². The Labute approximate surface area is 100 Å². The van der Waals surface area contributed by atoms with Crippen LogP contribution in [0, 0.1) is 0 Å². The average Bonchev–Trinajstić information content (AvgIpc) is 2.89. The van der Waals surface area contributed by atoms with Gasteiger partial charge in [0.15, 0.2) is 0 Å². The molecule has 0 fully saturated rings. The lowest BCUT2D eigenvalue weighted by Crippen LogP contribution is -1.88. The van der Waals surface area contributed by atoms with Crippen molar-refractivity contribution in [2.45, 2.75) is 6.42 Å². The van der Waals surface area contributed by atoms with Crippen molar-refractivity contribution in [3.8, 4) is 0 Å². The maximum Gasteiger partial charge on any atom is -0.00818 e. The predicted octanol–water partition coefficient (Wildman–Crippen LogP) is 4.56. The normalized spacial score (nSPS) is 13.4. The minimum Gasteiger partial charge on any atom is -0.0795 e. The Bertz CT molecular complexity index is 763. The molecule has 0 saturated carbocycles. The van der Waals surface area contributed by atoms with Crippen LogP contribution in [0.2, 0.25) is 0 Å². The van der Waals surface area contributed by atoms with E-state index in [2.05, 4.69) is 60.7 Å². The molecule has 0 bridgehead atoms. The van der Waals surface area contributed by atoms with E-state index in [9.17, 15) is 0 Å². The highest BCUT2D eigenvalue weighted by Gasteiger charge is 2.13. The molecule has 4 rings (SSSR count).